The third-order valence-corrected chi connectivity index (χ3v) is 4.46. The van der Waals surface area contributed by atoms with Crippen LogP contribution < -0.4 is 16.0 Å². The molecule has 2 aromatic rings. The number of aryl methyl sites for hydroxylation is 2. The molecule has 2 aromatic heterocycles. The Morgan fingerprint density at radius 3 is 2.38 bits per heavy atom. The third-order valence-electron chi connectivity index (χ3n) is 4.46. The Morgan fingerprint density at radius 1 is 1.19 bits per heavy atom. The Hall–Kier alpha value is -2.64. The molecule has 0 fully saturated rings. The normalized spacial score (nSPS) is 11.0. The molecule has 0 atom stereocenters. The molecular formula is C18H26N4O4. The quantitative estimate of drug-likeness (QED) is 0.731. The molecule has 2 heterocycles. The lowest BCUT2D eigenvalue weighted by Gasteiger charge is -2.20. The molecule has 0 aliphatic carbocycles. The number of nitrogens with zero attached hydrogens (tertiary/aromatic N) is 4. The van der Waals surface area contributed by atoms with Crippen LogP contribution in [0, 0.1) is 0 Å². The first-order valence-electron chi connectivity index (χ1n) is 8.93. The second kappa shape index (κ2) is 8.16. The Labute approximate surface area is 152 Å². The predicted molar refractivity (Wildman–Crippen MR) is 99.7 cm³/mol. The highest BCUT2D eigenvalue weighted by Crippen LogP contribution is 2.25. The third kappa shape index (κ3) is 3.36. The molecule has 0 bridgehead atoms. The maximum atomic E-state index is 13.1. The molecule has 1 amide bonds. The first-order chi connectivity index (χ1) is 12.4. The van der Waals surface area contributed by atoms with Crippen LogP contribution in [-0.4, -0.2) is 44.6 Å². The lowest BCUT2D eigenvalue weighted by Crippen LogP contribution is -2.44. The molecule has 8 heteroatoms. The van der Waals surface area contributed by atoms with E-state index in [1.807, 2.05) is 27.7 Å². The maximum absolute atomic E-state index is 13.1. The van der Waals surface area contributed by atoms with Crippen molar-refractivity contribution >= 4 is 16.9 Å². The van der Waals surface area contributed by atoms with Crippen molar-refractivity contribution in [3.05, 3.63) is 32.6 Å². The van der Waals surface area contributed by atoms with E-state index in [9.17, 15) is 14.4 Å². The zero-order chi connectivity index (χ0) is 19.4. The highest BCUT2D eigenvalue weighted by Gasteiger charge is 2.21. The number of amides is 1. The first kappa shape index (κ1) is 19.7. The molecule has 8 nitrogen and oxygen atoms in total. The zero-order valence-electron chi connectivity index (χ0n) is 16.0. The standard InChI is InChI=1S/C18H26N4O4/c1-6-12-10-19-16-14(15(12)26-9-4)17(24)22(18(25)20(16)5)11-13(23)21(7-2)8-3/h10H,6-9,11H2,1-5H3. The fourth-order valence-corrected chi connectivity index (χ4v) is 2.98. The molecule has 0 spiro atoms. The van der Waals surface area contributed by atoms with Crippen molar-refractivity contribution in [1.82, 2.24) is 19.0 Å². The van der Waals surface area contributed by atoms with E-state index in [0.717, 1.165) is 10.1 Å². The van der Waals surface area contributed by atoms with E-state index < -0.39 is 11.2 Å². The van der Waals surface area contributed by atoms with Crippen molar-refractivity contribution in [2.24, 2.45) is 7.05 Å². The smallest absolute Gasteiger partial charge is 0.332 e. The lowest BCUT2D eigenvalue weighted by molar-refractivity contribution is -0.131. The minimum absolute atomic E-state index is 0.237. The molecule has 0 saturated carbocycles. The molecule has 0 saturated heterocycles. The van der Waals surface area contributed by atoms with E-state index in [1.165, 1.54) is 11.6 Å². The molecule has 26 heavy (non-hydrogen) atoms. The van der Waals surface area contributed by atoms with E-state index in [2.05, 4.69) is 4.98 Å². The van der Waals surface area contributed by atoms with Crippen LogP contribution in [0.1, 0.15) is 33.3 Å². The van der Waals surface area contributed by atoms with E-state index in [4.69, 9.17) is 4.74 Å². The minimum atomic E-state index is -0.567. The highest BCUT2D eigenvalue weighted by molar-refractivity contribution is 5.83. The van der Waals surface area contributed by atoms with E-state index in [0.29, 0.717) is 31.9 Å². The molecule has 0 aromatic carbocycles. The summed E-state index contributed by atoms with van der Waals surface area (Å²) in [7, 11) is 1.54. The van der Waals surface area contributed by atoms with Crippen LogP contribution in [0.2, 0.25) is 0 Å². The van der Waals surface area contributed by atoms with Gasteiger partial charge in [0, 0.05) is 31.9 Å². The Morgan fingerprint density at radius 2 is 1.85 bits per heavy atom. The largest absolute Gasteiger partial charge is 0.493 e. The number of ether oxygens (including phenoxy) is 1. The topological polar surface area (TPSA) is 86.4 Å². The van der Waals surface area contributed by atoms with Crippen LogP contribution in [0.25, 0.3) is 11.0 Å². The molecule has 0 aliphatic heterocycles. The summed E-state index contributed by atoms with van der Waals surface area (Å²) in [6.45, 7) is 8.59. The monoisotopic (exact) mass is 362 g/mol. The van der Waals surface area contributed by atoms with Crippen molar-refractivity contribution in [3.8, 4) is 5.75 Å². The average Bonchev–Trinajstić information content (AvgIpc) is 2.64. The van der Waals surface area contributed by atoms with Gasteiger partial charge >= 0.3 is 5.69 Å². The Kier molecular flexibility index (Phi) is 6.18. The number of carbonyl (C=O) groups excluding carboxylic acids is 1. The summed E-state index contributed by atoms with van der Waals surface area (Å²) in [5.41, 5.74) is -0.0686. The van der Waals surface area contributed by atoms with Crippen LogP contribution in [0.4, 0.5) is 0 Å². The van der Waals surface area contributed by atoms with Gasteiger partial charge in [0.2, 0.25) is 5.91 Å². The molecular weight excluding hydrogens is 336 g/mol. The summed E-state index contributed by atoms with van der Waals surface area (Å²) in [4.78, 5) is 44.0. The van der Waals surface area contributed by atoms with Crippen molar-refractivity contribution < 1.29 is 9.53 Å². The second-order valence-corrected chi connectivity index (χ2v) is 5.90. The van der Waals surface area contributed by atoms with Gasteiger partial charge in [-0.15, -0.1) is 0 Å². The van der Waals surface area contributed by atoms with Gasteiger partial charge in [-0.25, -0.2) is 14.3 Å². The van der Waals surface area contributed by atoms with Crippen molar-refractivity contribution in [2.75, 3.05) is 19.7 Å². The molecule has 142 valence electrons. The van der Waals surface area contributed by atoms with E-state index in [-0.39, 0.29) is 23.5 Å². The predicted octanol–water partition coefficient (Wildman–Crippen LogP) is 0.925. The minimum Gasteiger partial charge on any atom is -0.493 e. The summed E-state index contributed by atoms with van der Waals surface area (Å²) in [6.07, 6.45) is 2.26. The van der Waals surface area contributed by atoms with E-state index in [1.54, 1.807) is 11.1 Å². The van der Waals surface area contributed by atoms with Crippen LogP contribution in [0.3, 0.4) is 0 Å². The number of likely N-dealkylation sites (N-methyl/N-ethyl adjacent to an activating group) is 1. The van der Waals surface area contributed by atoms with Crippen molar-refractivity contribution in [1.29, 1.82) is 0 Å². The number of hydrogen-bond donors (Lipinski definition) is 0. The molecule has 2 rings (SSSR count). The molecule has 0 aliphatic rings. The lowest BCUT2D eigenvalue weighted by atomic mass is 10.1. The maximum Gasteiger partial charge on any atom is 0.332 e. The van der Waals surface area contributed by atoms with E-state index >= 15 is 0 Å². The summed E-state index contributed by atoms with van der Waals surface area (Å²) in [5.74, 6) is 0.163. The van der Waals surface area contributed by atoms with Gasteiger partial charge in [0.1, 0.15) is 17.7 Å². The Bertz CT molecular complexity index is 925. The number of fused-ring (bicyclic) bond motifs is 1. The highest BCUT2D eigenvalue weighted by atomic mass is 16.5. The number of hydrogen-bond acceptors (Lipinski definition) is 5. The number of rotatable bonds is 7. The van der Waals surface area contributed by atoms with Crippen LogP contribution in [-0.2, 0) is 24.8 Å². The average molecular weight is 362 g/mol. The van der Waals surface area contributed by atoms with Gasteiger partial charge in [0.05, 0.1) is 6.61 Å². The molecule has 0 unspecified atom stereocenters. The second-order valence-electron chi connectivity index (χ2n) is 5.90. The fraction of sp³-hybridized carbons (Fsp3) is 0.556. The summed E-state index contributed by atoms with van der Waals surface area (Å²) in [5, 5.41) is 0.237. The fourth-order valence-electron chi connectivity index (χ4n) is 2.98. The molecule has 0 N–H and O–H groups in total. The number of carbonyl (C=O) groups is 1. The summed E-state index contributed by atoms with van der Waals surface area (Å²) >= 11 is 0. The van der Waals surface area contributed by atoms with Gasteiger partial charge in [0.15, 0.2) is 5.65 Å². The van der Waals surface area contributed by atoms with Gasteiger partial charge < -0.3 is 9.64 Å². The molecule has 0 radical (unpaired) electrons. The van der Waals surface area contributed by atoms with Crippen LogP contribution >= 0.6 is 0 Å². The number of pyridine rings is 1. The van der Waals surface area contributed by atoms with Crippen LogP contribution in [0.15, 0.2) is 15.8 Å². The van der Waals surface area contributed by atoms with Crippen LogP contribution in [0.5, 0.6) is 5.75 Å². The first-order valence-corrected chi connectivity index (χ1v) is 8.93. The van der Waals surface area contributed by atoms with Crippen molar-refractivity contribution in [3.63, 3.8) is 0 Å². The summed E-state index contributed by atoms with van der Waals surface area (Å²) in [6, 6.07) is 0. The number of aromatic nitrogens is 3. The van der Waals surface area contributed by atoms with Gasteiger partial charge in [-0.05, 0) is 27.2 Å². The Balaban J connectivity index is 2.77. The SMILES string of the molecule is CCOc1c(CC)cnc2c1c(=O)n(CC(=O)N(CC)CC)c(=O)n2C. The van der Waals surface area contributed by atoms with Gasteiger partial charge in [-0.2, -0.15) is 0 Å². The van der Waals surface area contributed by atoms with Gasteiger partial charge in [-0.3, -0.25) is 14.2 Å². The van der Waals surface area contributed by atoms with Gasteiger partial charge in [0.25, 0.3) is 5.56 Å². The van der Waals surface area contributed by atoms with Gasteiger partial charge in [-0.1, -0.05) is 6.92 Å². The summed E-state index contributed by atoms with van der Waals surface area (Å²) < 4.78 is 7.95. The zero-order valence-corrected chi connectivity index (χ0v) is 16.0. The van der Waals surface area contributed by atoms with Crippen molar-refractivity contribution in [2.45, 2.75) is 40.7 Å².